The number of hydrogen-bond acceptors (Lipinski definition) is 7. The van der Waals surface area contributed by atoms with Crippen LogP contribution in [0.15, 0.2) is 24.3 Å². The molecule has 1 aromatic heterocycles. The van der Waals surface area contributed by atoms with Gasteiger partial charge in [0.2, 0.25) is 17.6 Å². The molecule has 9 nitrogen and oxygen atoms in total. The van der Waals surface area contributed by atoms with E-state index in [1.807, 2.05) is 0 Å². The van der Waals surface area contributed by atoms with Crippen LogP contribution in [0.25, 0.3) is 0 Å². The SMILES string of the molecule is C[NH+](C)CCCNc1nc(N)c([N+](=O)[O-])c(Nc2ccc(Cl)cc2)n1. The third-order valence-electron chi connectivity index (χ3n) is 3.34. The Hall–Kier alpha value is -2.65. The fraction of sp³-hybridized carbons (Fsp3) is 0.333. The Bertz CT molecular complexity index is 737. The van der Waals surface area contributed by atoms with Gasteiger partial charge in [0, 0.05) is 23.7 Å². The van der Waals surface area contributed by atoms with Gasteiger partial charge in [-0.15, -0.1) is 0 Å². The third kappa shape index (κ3) is 5.44. The summed E-state index contributed by atoms with van der Waals surface area (Å²) in [7, 11) is 4.13. The van der Waals surface area contributed by atoms with E-state index in [0.29, 0.717) is 17.3 Å². The quantitative estimate of drug-likeness (QED) is 0.315. The summed E-state index contributed by atoms with van der Waals surface area (Å²) in [4.78, 5) is 20.2. The van der Waals surface area contributed by atoms with E-state index in [4.69, 9.17) is 17.3 Å². The normalized spacial score (nSPS) is 10.7. The van der Waals surface area contributed by atoms with E-state index in [2.05, 4.69) is 34.7 Å². The first-order valence-electron chi connectivity index (χ1n) is 7.74. The summed E-state index contributed by atoms with van der Waals surface area (Å²) < 4.78 is 0. The summed E-state index contributed by atoms with van der Waals surface area (Å²) in [5, 5.41) is 17.8. The molecule has 0 unspecified atom stereocenters. The van der Waals surface area contributed by atoms with E-state index in [-0.39, 0.29) is 23.3 Å². The lowest BCUT2D eigenvalue weighted by atomic mass is 10.3. The van der Waals surface area contributed by atoms with Gasteiger partial charge in [0.1, 0.15) is 0 Å². The Morgan fingerprint density at radius 1 is 1.28 bits per heavy atom. The number of halogens is 1. The molecule has 1 aromatic carbocycles. The van der Waals surface area contributed by atoms with Gasteiger partial charge in [0.25, 0.3) is 0 Å². The molecule has 0 amide bonds. The Morgan fingerprint density at radius 2 is 1.96 bits per heavy atom. The average molecular weight is 367 g/mol. The van der Waals surface area contributed by atoms with Gasteiger partial charge in [-0.2, -0.15) is 9.97 Å². The standard InChI is InChI=1S/C15H20ClN7O2/c1-22(2)9-3-8-18-15-20-13(17)12(23(24)25)14(21-15)19-11-6-4-10(16)5-7-11/h4-7H,3,8-9H2,1-2H3,(H4,17,18,19,20,21)/p+1. The third-order valence-corrected chi connectivity index (χ3v) is 3.59. The minimum absolute atomic E-state index is 0.0283. The maximum Gasteiger partial charge on any atom is 0.353 e. The van der Waals surface area contributed by atoms with Crippen molar-refractivity contribution in [1.29, 1.82) is 0 Å². The van der Waals surface area contributed by atoms with E-state index in [1.54, 1.807) is 24.3 Å². The van der Waals surface area contributed by atoms with Gasteiger partial charge in [-0.1, -0.05) is 11.6 Å². The zero-order valence-corrected chi connectivity index (χ0v) is 14.8. The van der Waals surface area contributed by atoms with Crippen LogP contribution in [0.2, 0.25) is 5.02 Å². The lowest BCUT2D eigenvalue weighted by molar-refractivity contribution is -0.858. The molecule has 0 aliphatic rings. The van der Waals surface area contributed by atoms with Crippen molar-refractivity contribution in [3.05, 3.63) is 39.4 Å². The summed E-state index contributed by atoms with van der Waals surface area (Å²) >= 11 is 5.85. The lowest BCUT2D eigenvalue weighted by Crippen LogP contribution is -3.05. The van der Waals surface area contributed by atoms with Gasteiger partial charge >= 0.3 is 5.69 Å². The fourth-order valence-electron chi connectivity index (χ4n) is 2.13. The number of nitrogens with one attached hydrogen (secondary N) is 3. The Labute approximate surface area is 150 Å². The molecule has 0 aliphatic heterocycles. The second-order valence-corrected chi connectivity index (χ2v) is 6.19. The first kappa shape index (κ1) is 18.7. The van der Waals surface area contributed by atoms with Crippen molar-refractivity contribution >= 4 is 40.6 Å². The van der Waals surface area contributed by atoms with Gasteiger partial charge < -0.3 is 21.3 Å². The van der Waals surface area contributed by atoms with Crippen molar-refractivity contribution in [1.82, 2.24) is 9.97 Å². The van der Waals surface area contributed by atoms with Crippen molar-refractivity contribution in [2.75, 3.05) is 43.6 Å². The van der Waals surface area contributed by atoms with Gasteiger partial charge in [0.15, 0.2) is 0 Å². The first-order chi connectivity index (χ1) is 11.9. The Kier molecular flexibility index (Phi) is 6.31. The molecule has 5 N–H and O–H groups in total. The van der Waals surface area contributed by atoms with Gasteiger partial charge in [-0.3, -0.25) is 10.1 Å². The molecule has 0 saturated carbocycles. The largest absolute Gasteiger partial charge is 0.378 e. The maximum absolute atomic E-state index is 11.3. The number of nitro groups is 1. The number of rotatable bonds is 8. The molecule has 25 heavy (non-hydrogen) atoms. The number of aromatic nitrogens is 2. The topological polar surface area (TPSA) is 123 Å². The predicted octanol–water partition coefficient (Wildman–Crippen LogP) is 1.31. The summed E-state index contributed by atoms with van der Waals surface area (Å²) in [6.07, 6.45) is 0.905. The monoisotopic (exact) mass is 366 g/mol. The van der Waals surface area contributed by atoms with Gasteiger partial charge in [-0.05, 0) is 24.3 Å². The molecular formula is C15H21ClN7O2+. The summed E-state index contributed by atoms with van der Waals surface area (Å²) in [6.45, 7) is 1.62. The van der Waals surface area contributed by atoms with Crippen molar-refractivity contribution in [3.63, 3.8) is 0 Å². The molecule has 0 aliphatic carbocycles. The van der Waals surface area contributed by atoms with Gasteiger partial charge in [-0.25, -0.2) is 0 Å². The van der Waals surface area contributed by atoms with Crippen molar-refractivity contribution in [2.45, 2.75) is 6.42 Å². The van der Waals surface area contributed by atoms with E-state index in [0.717, 1.165) is 13.0 Å². The molecular weight excluding hydrogens is 346 g/mol. The molecule has 10 heteroatoms. The number of hydrogen-bond donors (Lipinski definition) is 4. The molecule has 0 saturated heterocycles. The molecule has 0 spiro atoms. The molecule has 2 aromatic rings. The molecule has 0 radical (unpaired) electrons. The van der Waals surface area contributed by atoms with Crippen LogP contribution in [-0.2, 0) is 0 Å². The maximum atomic E-state index is 11.3. The van der Waals surface area contributed by atoms with Crippen LogP contribution in [0.1, 0.15) is 6.42 Å². The first-order valence-corrected chi connectivity index (χ1v) is 8.12. The molecule has 1 heterocycles. The predicted molar refractivity (Wildman–Crippen MR) is 98.6 cm³/mol. The molecule has 0 atom stereocenters. The van der Waals surface area contributed by atoms with E-state index in [1.165, 1.54) is 4.90 Å². The van der Waals surface area contributed by atoms with Crippen molar-refractivity contribution < 1.29 is 9.82 Å². The number of nitrogens with two attached hydrogens (primary N) is 1. The van der Waals surface area contributed by atoms with E-state index in [9.17, 15) is 10.1 Å². The molecule has 2 rings (SSSR count). The second-order valence-electron chi connectivity index (χ2n) is 5.76. The molecule has 0 fully saturated rings. The minimum atomic E-state index is -0.604. The molecule has 0 bridgehead atoms. The summed E-state index contributed by atoms with van der Waals surface area (Å²) in [6, 6.07) is 6.72. The highest BCUT2D eigenvalue weighted by Crippen LogP contribution is 2.31. The Morgan fingerprint density at radius 3 is 2.56 bits per heavy atom. The van der Waals surface area contributed by atoms with E-state index >= 15 is 0 Å². The summed E-state index contributed by atoms with van der Waals surface area (Å²) in [5.74, 6) is 0.0751. The highest BCUT2D eigenvalue weighted by molar-refractivity contribution is 6.30. The lowest BCUT2D eigenvalue weighted by Gasteiger charge is -2.11. The highest BCUT2D eigenvalue weighted by Gasteiger charge is 2.23. The number of nitrogen functional groups attached to an aromatic ring is 1. The second kappa shape index (κ2) is 8.45. The Balaban J connectivity index is 2.22. The highest BCUT2D eigenvalue weighted by atomic mass is 35.5. The fourth-order valence-corrected chi connectivity index (χ4v) is 2.26. The zero-order chi connectivity index (χ0) is 18.4. The molecule has 134 valence electrons. The summed E-state index contributed by atoms with van der Waals surface area (Å²) in [5.41, 5.74) is 6.00. The number of nitrogens with zero attached hydrogens (tertiary/aromatic N) is 3. The van der Waals surface area contributed by atoms with Crippen LogP contribution < -0.4 is 21.3 Å². The van der Waals surface area contributed by atoms with Gasteiger partial charge in [0.05, 0.1) is 25.6 Å². The van der Waals surface area contributed by atoms with E-state index < -0.39 is 4.92 Å². The minimum Gasteiger partial charge on any atom is -0.378 e. The van der Waals surface area contributed by atoms with Crippen molar-refractivity contribution in [3.8, 4) is 0 Å². The van der Waals surface area contributed by atoms with Crippen LogP contribution >= 0.6 is 11.6 Å². The van der Waals surface area contributed by atoms with Crippen LogP contribution in [0, 0.1) is 10.1 Å². The van der Waals surface area contributed by atoms with Crippen LogP contribution in [0.5, 0.6) is 0 Å². The van der Waals surface area contributed by atoms with Crippen LogP contribution in [-0.4, -0.2) is 42.1 Å². The number of benzene rings is 1. The van der Waals surface area contributed by atoms with Crippen LogP contribution in [0.4, 0.5) is 29.0 Å². The van der Waals surface area contributed by atoms with Crippen molar-refractivity contribution in [2.24, 2.45) is 0 Å². The smallest absolute Gasteiger partial charge is 0.353 e. The van der Waals surface area contributed by atoms with Crippen LogP contribution in [0.3, 0.4) is 0 Å². The average Bonchev–Trinajstić information content (AvgIpc) is 2.53. The number of anilines is 4. The zero-order valence-electron chi connectivity index (χ0n) is 14.0. The number of quaternary nitrogens is 1.